The number of alkyl halides is 3. The van der Waals surface area contributed by atoms with E-state index in [0.29, 0.717) is 22.6 Å². The highest BCUT2D eigenvalue weighted by molar-refractivity contribution is 5.78. The van der Waals surface area contributed by atoms with Crippen LogP contribution in [0.4, 0.5) is 24.7 Å². The van der Waals surface area contributed by atoms with E-state index in [1.54, 1.807) is 23.8 Å². The van der Waals surface area contributed by atoms with Crippen LogP contribution in [0.1, 0.15) is 37.3 Å². The van der Waals surface area contributed by atoms with Crippen molar-refractivity contribution in [2.24, 2.45) is 0 Å². The van der Waals surface area contributed by atoms with Gasteiger partial charge in [-0.1, -0.05) is 12.8 Å². The summed E-state index contributed by atoms with van der Waals surface area (Å²) in [7, 11) is 0. The number of aromatic nitrogens is 3. The molecule has 3 aromatic rings. The molecule has 2 aromatic heterocycles. The Morgan fingerprint density at radius 1 is 1.25 bits per heavy atom. The number of benzene rings is 1. The van der Waals surface area contributed by atoms with Crippen LogP contribution in [-0.2, 0) is 0 Å². The van der Waals surface area contributed by atoms with Gasteiger partial charge in [-0.15, -0.1) is 13.2 Å². The minimum absolute atomic E-state index is 0.148. The van der Waals surface area contributed by atoms with Gasteiger partial charge in [-0.3, -0.25) is 4.57 Å². The number of nitrogens with zero attached hydrogens (tertiary/aromatic N) is 2. The minimum Gasteiger partial charge on any atom is -0.406 e. The molecular weight excluding hydrogens is 373 g/mol. The summed E-state index contributed by atoms with van der Waals surface area (Å²) in [6.07, 6.45) is 1.000. The number of hydrogen-bond donors (Lipinski definition) is 2. The maximum absolute atomic E-state index is 12.4. The Balaban J connectivity index is 1.63. The third-order valence-electron chi connectivity index (χ3n) is 4.99. The van der Waals surface area contributed by atoms with E-state index >= 15 is 0 Å². The van der Waals surface area contributed by atoms with Crippen molar-refractivity contribution in [1.82, 2.24) is 14.5 Å². The van der Waals surface area contributed by atoms with Gasteiger partial charge in [-0.05, 0) is 43.5 Å². The predicted octanol–water partition coefficient (Wildman–Crippen LogP) is 4.79. The molecule has 1 aliphatic carbocycles. The van der Waals surface area contributed by atoms with Crippen molar-refractivity contribution in [3.8, 4) is 5.75 Å². The van der Waals surface area contributed by atoms with Gasteiger partial charge in [0.2, 0.25) is 0 Å². The van der Waals surface area contributed by atoms with Gasteiger partial charge < -0.3 is 15.0 Å². The molecule has 6 nitrogen and oxygen atoms in total. The lowest BCUT2D eigenvalue weighted by Crippen LogP contribution is -2.20. The molecule has 1 saturated carbocycles. The Kier molecular flexibility index (Phi) is 4.52. The number of anilines is 2. The molecule has 28 heavy (non-hydrogen) atoms. The first-order valence-corrected chi connectivity index (χ1v) is 9.04. The standard InChI is InChI=1S/C19H19F3N4O2/c1-11-8-13(28-19(20,21)22)6-7-14(11)24-17-9-16-15(10-23-17)25-18(27)26(16)12-4-2-3-5-12/h6-10,12H,2-5H2,1H3,(H,23,24)(H,25,27). The summed E-state index contributed by atoms with van der Waals surface area (Å²) in [6, 6.07) is 6.01. The third kappa shape index (κ3) is 3.69. The molecule has 0 unspecified atom stereocenters. The van der Waals surface area contributed by atoms with Gasteiger partial charge in [0.1, 0.15) is 11.6 Å². The van der Waals surface area contributed by atoms with Crippen molar-refractivity contribution in [2.45, 2.75) is 45.0 Å². The fraction of sp³-hybridized carbons (Fsp3) is 0.368. The Bertz CT molecular complexity index is 1070. The van der Waals surface area contributed by atoms with Crippen LogP contribution >= 0.6 is 0 Å². The average molecular weight is 392 g/mol. The molecule has 0 bridgehead atoms. The number of aromatic amines is 1. The zero-order chi connectivity index (χ0) is 19.9. The maximum Gasteiger partial charge on any atom is 0.573 e. The quantitative estimate of drug-likeness (QED) is 0.670. The highest BCUT2D eigenvalue weighted by atomic mass is 19.4. The van der Waals surface area contributed by atoms with Crippen molar-refractivity contribution >= 4 is 22.5 Å². The molecule has 148 valence electrons. The first-order valence-electron chi connectivity index (χ1n) is 9.04. The number of hydrogen-bond acceptors (Lipinski definition) is 4. The lowest BCUT2D eigenvalue weighted by Gasteiger charge is -2.14. The Hall–Kier alpha value is -2.97. The topological polar surface area (TPSA) is 71.9 Å². The fourth-order valence-electron chi connectivity index (χ4n) is 3.73. The molecule has 0 spiro atoms. The molecule has 0 amide bonds. The van der Waals surface area contributed by atoms with Crippen LogP contribution in [0.2, 0.25) is 0 Å². The van der Waals surface area contributed by atoms with Gasteiger partial charge in [-0.2, -0.15) is 0 Å². The van der Waals surface area contributed by atoms with Crippen LogP contribution in [0, 0.1) is 6.92 Å². The molecule has 0 aliphatic heterocycles. The zero-order valence-corrected chi connectivity index (χ0v) is 15.1. The second-order valence-corrected chi connectivity index (χ2v) is 6.97. The summed E-state index contributed by atoms with van der Waals surface area (Å²) in [6.45, 7) is 1.68. The lowest BCUT2D eigenvalue weighted by molar-refractivity contribution is -0.274. The van der Waals surface area contributed by atoms with Crippen molar-refractivity contribution in [3.05, 3.63) is 46.5 Å². The van der Waals surface area contributed by atoms with E-state index in [1.807, 2.05) is 0 Å². The summed E-state index contributed by atoms with van der Waals surface area (Å²) in [5, 5.41) is 3.10. The van der Waals surface area contributed by atoms with Crippen LogP contribution in [-0.4, -0.2) is 20.9 Å². The van der Waals surface area contributed by atoms with Crippen LogP contribution < -0.4 is 15.7 Å². The van der Waals surface area contributed by atoms with Crippen molar-refractivity contribution < 1.29 is 17.9 Å². The van der Waals surface area contributed by atoms with E-state index in [2.05, 4.69) is 20.0 Å². The number of fused-ring (bicyclic) bond motifs is 1. The first kappa shape index (κ1) is 18.4. The molecule has 0 saturated heterocycles. The molecular formula is C19H19F3N4O2. The van der Waals surface area contributed by atoms with E-state index in [1.165, 1.54) is 18.2 Å². The molecule has 1 aromatic carbocycles. The molecule has 4 rings (SSSR count). The smallest absolute Gasteiger partial charge is 0.406 e. The largest absolute Gasteiger partial charge is 0.573 e. The number of aryl methyl sites for hydroxylation is 1. The average Bonchev–Trinajstić information content (AvgIpc) is 3.22. The second-order valence-electron chi connectivity index (χ2n) is 6.97. The summed E-state index contributed by atoms with van der Waals surface area (Å²) >= 11 is 0. The molecule has 1 aliphatic rings. The molecule has 0 radical (unpaired) electrons. The molecule has 0 atom stereocenters. The Morgan fingerprint density at radius 2 is 2.00 bits per heavy atom. The predicted molar refractivity (Wildman–Crippen MR) is 99.0 cm³/mol. The van der Waals surface area contributed by atoms with E-state index < -0.39 is 6.36 Å². The second kappa shape index (κ2) is 6.88. The highest BCUT2D eigenvalue weighted by Gasteiger charge is 2.31. The van der Waals surface area contributed by atoms with Crippen LogP contribution in [0.5, 0.6) is 5.75 Å². The van der Waals surface area contributed by atoms with Crippen LogP contribution in [0.3, 0.4) is 0 Å². The van der Waals surface area contributed by atoms with E-state index in [0.717, 1.165) is 31.2 Å². The van der Waals surface area contributed by atoms with E-state index in [9.17, 15) is 18.0 Å². The van der Waals surface area contributed by atoms with E-state index in [-0.39, 0.29) is 17.5 Å². The number of pyridine rings is 1. The highest BCUT2D eigenvalue weighted by Crippen LogP contribution is 2.32. The number of H-pyrrole nitrogens is 1. The number of nitrogens with one attached hydrogen (secondary N) is 2. The summed E-state index contributed by atoms with van der Waals surface area (Å²) in [5.74, 6) is 0.227. The van der Waals surface area contributed by atoms with Gasteiger partial charge >= 0.3 is 12.1 Å². The third-order valence-corrected chi connectivity index (χ3v) is 4.99. The van der Waals surface area contributed by atoms with Crippen molar-refractivity contribution in [1.29, 1.82) is 0 Å². The number of halogens is 3. The summed E-state index contributed by atoms with van der Waals surface area (Å²) in [4.78, 5) is 19.5. The maximum atomic E-state index is 12.4. The summed E-state index contributed by atoms with van der Waals surface area (Å²) in [5.41, 5.74) is 2.46. The lowest BCUT2D eigenvalue weighted by atomic mass is 10.2. The Labute approximate surface area is 158 Å². The monoisotopic (exact) mass is 392 g/mol. The number of ether oxygens (including phenoxy) is 1. The van der Waals surface area contributed by atoms with Gasteiger partial charge in [0.25, 0.3) is 0 Å². The number of imidazole rings is 1. The normalized spacial score (nSPS) is 15.3. The van der Waals surface area contributed by atoms with Crippen molar-refractivity contribution in [2.75, 3.05) is 5.32 Å². The summed E-state index contributed by atoms with van der Waals surface area (Å²) < 4.78 is 42.8. The molecule has 9 heteroatoms. The van der Waals surface area contributed by atoms with Crippen LogP contribution in [0.15, 0.2) is 35.3 Å². The SMILES string of the molecule is Cc1cc(OC(F)(F)F)ccc1Nc1cc2c(cn1)[nH]c(=O)n2C1CCCC1. The van der Waals surface area contributed by atoms with Crippen molar-refractivity contribution in [3.63, 3.8) is 0 Å². The van der Waals surface area contributed by atoms with Crippen LogP contribution in [0.25, 0.3) is 11.0 Å². The van der Waals surface area contributed by atoms with Gasteiger partial charge in [0, 0.05) is 17.8 Å². The van der Waals surface area contributed by atoms with E-state index in [4.69, 9.17) is 0 Å². The zero-order valence-electron chi connectivity index (χ0n) is 15.1. The molecule has 2 N–H and O–H groups in total. The molecule has 2 heterocycles. The first-order chi connectivity index (χ1) is 13.3. The fourth-order valence-corrected chi connectivity index (χ4v) is 3.73. The Morgan fingerprint density at radius 3 is 2.68 bits per heavy atom. The number of rotatable bonds is 4. The van der Waals surface area contributed by atoms with Gasteiger partial charge in [-0.25, -0.2) is 9.78 Å². The van der Waals surface area contributed by atoms with Gasteiger partial charge in [0.05, 0.1) is 17.2 Å². The minimum atomic E-state index is -4.73. The van der Waals surface area contributed by atoms with Gasteiger partial charge in [0.15, 0.2) is 0 Å². The molecule has 1 fully saturated rings.